The number of fused-ring (bicyclic) bond motifs is 1. The molecule has 1 N–H and O–H groups in total. The number of ether oxygens (including phenoxy) is 2. The lowest BCUT2D eigenvalue weighted by molar-refractivity contribution is 0.0948. The van der Waals surface area contributed by atoms with Crippen LogP contribution in [0.25, 0.3) is 0 Å². The van der Waals surface area contributed by atoms with Gasteiger partial charge in [-0.1, -0.05) is 23.7 Å². The molecular weight excluding hydrogens is 428 g/mol. The van der Waals surface area contributed by atoms with Crippen molar-refractivity contribution in [2.24, 2.45) is 0 Å². The normalized spacial score (nSPS) is 12.6. The van der Waals surface area contributed by atoms with Crippen molar-refractivity contribution < 1.29 is 14.3 Å². The molecule has 4 rings (SSSR count). The average Bonchev–Trinajstić information content (AvgIpc) is 3.16. The number of nitrogens with zero attached hydrogens (tertiary/aromatic N) is 1. The van der Waals surface area contributed by atoms with Crippen LogP contribution in [0.1, 0.15) is 26.6 Å². The van der Waals surface area contributed by atoms with Crippen LogP contribution in [0.4, 0.5) is 0 Å². The highest BCUT2D eigenvalue weighted by Gasteiger charge is 2.17. The van der Waals surface area contributed by atoms with Crippen LogP contribution in [-0.2, 0) is 12.3 Å². The molecule has 2 heterocycles. The van der Waals surface area contributed by atoms with Crippen LogP contribution in [0.15, 0.2) is 46.7 Å². The minimum atomic E-state index is -0.131. The van der Waals surface area contributed by atoms with E-state index in [1.807, 2.05) is 37.3 Å². The second-order valence-corrected chi connectivity index (χ2v) is 8.91. The number of thioether (sulfide) groups is 1. The van der Waals surface area contributed by atoms with Gasteiger partial charge >= 0.3 is 0 Å². The first-order valence-corrected chi connectivity index (χ1v) is 11.3. The largest absolute Gasteiger partial charge is 0.486 e. The number of amides is 1. The Morgan fingerprint density at radius 3 is 2.93 bits per heavy atom. The molecular formula is C21H19ClN2O3S2. The van der Waals surface area contributed by atoms with Crippen LogP contribution in [0.5, 0.6) is 11.5 Å². The summed E-state index contributed by atoms with van der Waals surface area (Å²) >= 11 is 9.52. The average molecular weight is 447 g/mol. The third-order valence-electron chi connectivity index (χ3n) is 4.28. The molecule has 0 aliphatic carbocycles. The van der Waals surface area contributed by atoms with E-state index >= 15 is 0 Å². The van der Waals surface area contributed by atoms with Crippen molar-refractivity contribution in [1.29, 1.82) is 0 Å². The molecule has 0 unspecified atom stereocenters. The molecule has 0 fully saturated rings. The van der Waals surface area contributed by atoms with E-state index in [0.717, 1.165) is 26.9 Å². The molecule has 2 aromatic carbocycles. The molecule has 1 aliphatic rings. The number of halogens is 1. The van der Waals surface area contributed by atoms with E-state index in [1.165, 1.54) is 0 Å². The third kappa shape index (κ3) is 4.86. The summed E-state index contributed by atoms with van der Waals surface area (Å²) in [5, 5.41) is 6.56. The molecule has 0 spiro atoms. The predicted octanol–water partition coefficient (Wildman–Crippen LogP) is 5.10. The van der Waals surface area contributed by atoms with Crippen LogP contribution in [0.2, 0.25) is 5.02 Å². The van der Waals surface area contributed by atoms with Gasteiger partial charge in [-0.3, -0.25) is 4.79 Å². The number of rotatable bonds is 6. The van der Waals surface area contributed by atoms with Crippen LogP contribution >= 0.6 is 34.7 Å². The monoisotopic (exact) mass is 446 g/mol. The standard InChI is InChI=1S/C21H19ClN2O3S2/c1-13-24-15(11-28-13)12-29-19-5-3-2-4-16(19)21(25)23-10-14-8-17(22)20-18(9-14)26-6-7-27-20/h2-5,8-9,11H,6-7,10,12H2,1H3,(H,23,25). The third-order valence-corrected chi connectivity index (χ3v) is 6.49. The Morgan fingerprint density at radius 2 is 2.10 bits per heavy atom. The zero-order chi connectivity index (χ0) is 20.2. The Kier molecular flexibility index (Phi) is 6.28. The molecule has 0 bridgehead atoms. The van der Waals surface area contributed by atoms with E-state index in [-0.39, 0.29) is 5.91 Å². The number of hydrogen-bond donors (Lipinski definition) is 1. The van der Waals surface area contributed by atoms with Gasteiger partial charge in [-0.05, 0) is 36.8 Å². The predicted molar refractivity (Wildman–Crippen MR) is 116 cm³/mol. The maximum absolute atomic E-state index is 12.8. The zero-order valence-electron chi connectivity index (χ0n) is 15.7. The van der Waals surface area contributed by atoms with E-state index in [4.69, 9.17) is 21.1 Å². The van der Waals surface area contributed by atoms with Crippen molar-refractivity contribution in [1.82, 2.24) is 10.3 Å². The SMILES string of the molecule is Cc1nc(CSc2ccccc2C(=O)NCc2cc(Cl)c3c(c2)OCCO3)cs1. The molecule has 3 aromatic rings. The first-order chi connectivity index (χ1) is 14.1. The fraction of sp³-hybridized carbons (Fsp3) is 0.238. The van der Waals surface area contributed by atoms with Gasteiger partial charge in [0.2, 0.25) is 0 Å². The number of thiazole rings is 1. The lowest BCUT2D eigenvalue weighted by atomic mass is 10.1. The molecule has 0 atom stereocenters. The van der Waals surface area contributed by atoms with Crippen molar-refractivity contribution in [3.05, 3.63) is 68.6 Å². The van der Waals surface area contributed by atoms with Gasteiger partial charge in [0.15, 0.2) is 11.5 Å². The van der Waals surface area contributed by atoms with Gasteiger partial charge in [0.05, 0.1) is 21.3 Å². The summed E-state index contributed by atoms with van der Waals surface area (Å²) in [5.41, 5.74) is 2.53. The van der Waals surface area contributed by atoms with Gasteiger partial charge in [-0.15, -0.1) is 23.1 Å². The van der Waals surface area contributed by atoms with Gasteiger partial charge in [0.25, 0.3) is 5.91 Å². The van der Waals surface area contributed by atoms with E-state index < -0.39 is 0 Å². The van der Waals surface area contributed by atoms with Crippen molar-refractivity contribution in [2.75, 3.05) is 13.2 Å². The van der Waals surface area contributed by atoms with Gasteiger partial charge in [0.1, 0.15) is 13.2 Å². The van der Waals surface area contributed by atoms with E-state index in [0.29, 0.717) is 41.8 Å². The summed E-state index contributed by atoms with van der Waals surface area (Å²) in [6, 6.07) is 11.2. The first kappa shape index (κ1) is 20.1. The molecule has 5 nitrogen and oxygen atoms in total. The summed E-state index contributed by atoms with van der Waals surface area (Å²) in [6.07, 6.45) is 0. The fourth-order valence-corrected chi connectivity index (χ4v) is 4.90. The minimum Gasteiger partial charge on any atom is -0.486 e. The maximum Gasteiger partial charge on any atom is 0.252 e. The molecule has 1 aromatic heterocycles. The number of carbonyl (C=O) groups is 1. The highest BCUT2D eigenvalue weighted by molar-refractivity contribution is 7.98. The van der Waals surface area contributed by atoms with E-state index in [1.54, 1.807) is 29.2 Å². The lowest BCUT2D eigenvalue weighted by Crippen LogP contribution is -2.23. The Labute approximate surface area is 182 Å². The molecule has 0 radical (unpaired) electrons. The van der Waals surface area contributed by atoms with Crippen molar-refractivity contribution in [3.63, 3.8) is 0 Å². The molecule has 150 valence electrons. The Morgan fingerprint density at radius 1 is 1.28 bits per heavy atom. The fourth-order valence-electron chi connectivity index (χ4n) is 2.95. The summed E-state index contributed by atoms with van der Waals surface area (Å²) < 4.78 is 11.1. The van der Waals surface area contributed by atoms with Gasteiger partial charge in [-0.25, -0.2) is 4.98 Å². The second-order valence-electron chi connectivity index (χ2n) is 6.43. The van der Waals surface area contributed by atoms with Crippen molar-refractivity contribution in [3.8, 4) is 11.5 Å². The molecule has 0 saturated carbocycles. The molecule has 29 heavy (non-hydrogen) atoms. The maximum atomic E-state index is 12.8. The summed E-state index contributed by atoms with van der Waals surface area (Å²) in [4.78, 5) is 18.2. The van der Waals surface area contributed by atoms with E-state index in [2.05, 4.69) is 15.7 Å². The number of hydrogen-bond acceptors (Lipinski definition) is 6. The quantitative estimate of drug-likeness (QED) is 0.534. The van der Waals surface area contributed by atoms with Crippen molar-refractivity contribution >= 4 is 40.6 Å². The molecule has 8 heteroatoms. The zero-order valence-corrected chi connectivity index (χ0v) is 18.1. The van der Waals surface area contributed by atoms with Gasteiger partial charge < -0.3 is 14.8 Å². The molecule has 1 amide bonds. The van der Waals surface area contributed by atoms with Crippen LogP contribution in [0, 0.1) is 6.92 Å². The first-order valence-electron chi connectivity index (χ1n) is 9.09. The molecule has 0 saturated heterocycles. The van der Waals surface area contributed by atoms with Crippen molar-refractivity contribution in [2.45, 2.75) is 24.1 Å². The van der Waals surface area contributed by atoms with E-state index in [9.17, 15) is 4.79 Å². The highest BCUT2D eigenvalue weighted by Crippen LogP contribution is 2.38. The summed E-state index contributed by atoms with van der Waals surface area (Å²) in [6.45, 7) is 3.31. The smallest absolute Gasteiger partial charge is 0.252 e. The number of aromatic nitrogens is 1. The number of benzene rings is 2. The van der Waals surface area contributed by atoms with Gasteiger partial charge in [0, 0.05) is 22.6 Å². The lowest BCUT2D eigenvalue weighted by Gasteiger charge is -2.20. The Hall–Kier alpha value is -2.22. The summed E-state index contributed by atoms with van der Waals surface area (Å²) in [7, 11) is 0. The second kappa shape index (κ2) is 9.07. The Balaban J connectivity index is 1.43. The highest BCUT2D eigenvalue weighted by atomic mass is 35.5. The van der Waals surface area contributed by atoms with Gasteiger partial charge in [-0.2, -0.15) is 0 Å². The Bertz CT molecular complexity index is 1040. The summed E-state index contributed by atoms with van der Waals surface area (Å²) in [5.74, 6) is 1.77. The number of carbonyl (C=O) groups excluding carboxylic acids is 1. The number of nitrogens with one attached hydrogen (secondary N) is 1. The van der Waals surface area contributed by atoms with Crippen LogP contribution < -0.4 is 14.8 Å². The topological polar surface area (TPSA) is 60.5 Å². The van der Waals surface area contributed by atoms with Crippen LogP contribution in [-0.4, -0.2) is 24.1 Å². The van der Waals surface area contributed by atoms with Crippen LogP contribution in [0.3, 0.4) is 0 Å². The minimum absolute atomic E-state index is 0.131. The molecule has 1 aliphatic heterocycles. The number of aryl methyl sites for hydroxylation is 1.